The summed E-state index contributed by atoms with van der Waals surface area (Å²) in [5.74, 6) is 2.06. The first-order chi connectivity index (χ1) is 10.0. The van der Waals surface area contributed by atoms with E-state index in [4.69, 9.17) is 26.8 Å². The van der Waals surface area contributed by atoms with E-state index >= 15 is 0 Å². The summed E-state index contributed by atoms with van der Waals surface area (Å²) in [6.45, 7) is 2.20. The molecule has 112 valence electrons. The van der Waals surface area contributed by atoms with Gasteiger partial charge in [0.25, 0.3) is 0 Å². The zero-order valence-corrected chi connectivity index (χ0v) is 12.9. The van der Waals surface area contributed by atoms with E-state index in [9.17, 15) is 0 Å². The topological polar surface area (TPSA) is 82.3 Å². The minimum absolute atomic E-state index is 0.288. The normalized spacial score (nSPS) is 10.5. The number of nitrogens with two attached hydrogens (primary N) is 1. The van der Waals surface area contributed by atoms with Crippen LogP contribution in [0.3, 0.4) is 0 Å². The number of benzene rings is 1. The van der Waals surface area contributed by atoms with E-state index in [0.717, 1.165) is 11.3 Å². The molecule has 1 aromatic heterocycles. The summed E-state index contributed by atoms with van der Waals surface area (Å²) in [6, 6.07) is 5.28. The van der Waals surface area contributed by atoms with Gasteiger partial charge in [0.2, 0.25) is 0 Å². The first kappa shape index (κ1) is 15.3. The molecule has 1 heterocycles. The van der Waals surface area contributed by atoms with E-state index in [1.807, 2.05) is 13.0 Å². The van der Waals surface area contributed by atoms with Crippen molar-refractivity contribution in [1.29, 1.82) is 0 Å². The minimum Gasteiger partial charge on any atom is -0.495 e. The van der Waals surface area contributed by atoms with Crippen molar-refractivity contribution in [2.24, 2.45) is 0 Å². The van der Waals surface area contributed by atoms with Crippen molar-refractivity contribution < 1.29 is 9.47 Å². The van der Waals surface area contributed by atoms with Crippen molar-refractivity contribution in [2.75, 3.05) is 25.3 Å². The molecule has 0 bridgehead atoms. The summed E-state index contributed by atoms with van der Waals surface area (Å²) in [5.41, 5.74) is 7.45. The van der Waals surface area contributed by atoms with Gasteiger partial charge in [-0.2, -0.15) is 0 Å². The van der Waals surface area contributed by atoms with Crippen molar-refractivity contribution in [3.63, 3.8) is 0 Å². The molecule has 0 radical (unpaired) electrons. The number of rotatable bonds is 5. The number of anilines is 3. The number of halogens is 1. The molecule has 0 saturated heterocycles. The Morgan fingerprint density at radius 1 is 1.24 bits per heavy atom. The van der Waals surface area contributed by atoms with Gasteiger partial charge in [0.15, 0.2) is 5.82 Å². The molecule has 0 fully saturated rings. The lowest BCUT2D eigenvalue weighted by molar-refractivity contribution is 0.178. The van der Waals surface area contributed by atoms with Gasteiger partial charge in [0.1, 0.15) is 24.0 Å². The van der Waals surface area contributed by atoms with Crippen LogP contribution in [0.5, 0.6) is 5.75 Å². The molecule has 2 aromatic rings. The molecule has 2 rings (SSSR count). The summed E-state index contributed by atoms with van der Waals surface area (Å²) in [6.07, 6.45) is 0. The summed E-state index contributed by atoms with van der Waals surface area (Å²) < 4.78 is 10.3. The largest absolute Gasteiger partial charge is 0.495 e. The third-order valence-corrected chi connectivity index (χ3v) is 3.22. The molecule has 0 spiro atoms. The highest BCUT2D eigenvalue weighted by molar-refractivity contribution is 6.31. The Labute approximate surface area is 128 Å². The Morgan fingerprint density at radius 2 is 2.00 bits per heavy atom. The Hall–Kier alpha value is -2.05. The van der Waals surface area contributed by atoms with E-state index < -0.39 is 0 Å². The van der Waals surface area contributed by atoms with E-state index in [-0.39, 0.29) is 6.61 Å². The SMILES string of the molecule is COCc1nc(N)cc(Nc2cc(C)c(Cl)cc2OC)n1. The third kappa shape index (κ3) is 3.74. The Kier molecular flexibility index (Phi) is 4.82. The zero-order chi connectivity index (χ0) is 15.4. The van der Waals surface area contributed by atoms with E-state index in [0.29, 0.717) is 28.2 Å². The first-order valence-corrected chi connectivity index (χ1v) is 6.64. The number of hydrogen-bond donors (Lipinski definition) is 2. The molecule has 0 amide bonds. The molecule has 0 aliphatic carbocycles. The summed E-state index contributed by atoms with van der Waals surface area (Å²) in [5, 5.41) is 3.80. The summed E-state index contributed by atoms with van der Waals surface area (Å²) in [7, 11) is 3.15. The lowest BCUT2D eigenvalue weighted by Crippen LogP contribution is -2.05. The quantitative estimate of drug-likeness (QED) is 0.883. The first-order valence-electron chi connectivity index (χ1n) is 6.27. The average molecular weight is 309 g/mol. The van der Waals surface area contributed by atoms with E-state index in [2.05, 4.69) is 15.3 Å². The van der Waals surface area contributed by atoms with Gasteiger partial charge < -0.3 is 20.5 Å². The van der Waals surface area contributed by atoms with Gasteiger partial charge in [-0.25, -0.2) is 9.97 Å². The predicted octanol–water partition coefficient (Wildman–Crippen LogP) is 2.92. The smallest absolute Gasteiger partial charge is 0.158 e. The Morgan fingerprint density at radius 3 is 2.67 bits per heavy atom. The molecule has 0 aliphatic rings. The van der Waals surface area contributed by atoms with Crippen molar-refractivity contribution in [3.05, 3.63) is 34.6 Å². The number of aryl methyl sites for hydroxylation is 1. The van der Waals surface area contributed by atoms with Crippen molar-refractivity contribution in [2.45, 2.75) is 13.5 Å². The standard InChI is InChI=1S/C14H17ClN4O2/c1-8-4-10(11(21-3)5-9(8)15)17-13-6-12(16)18-14(19-13)7-20-2/h4-6H,7H2,1-3H3,(H3,16,17,18,19). The molecule has 7 heteroatoms. The molecular weight excluding hydrogens is 292 g/mol. The fraction of sp³-hybridized carbons (Fsp3) is 0.286. The van der Waals surface area contributed by atoms with Gasteiger partial charge in [-0.3, -0.25) is 0 Å². The highest BCUT2D eigenvalue weighted by Crippen LogP contribution is 2.32. The molecule has 6 nitrogen and oxygen atoms in total. The van der Waals surface area contributed by atoms with Crippen LogP contribution in [0, 0.1) is 6.92 Å². The number of nitrogens with zero attached hydrogens (tertiary/aromatic N) is 2. The molecule has 0 aliphatic heterocycles. The molecular formula is C14H17ClN4O2. The van der Waals surface area contributed by atoms with Gasteiger partial charge in [-0.15, -0.1) is 0 Å². The van der Waals surface area contributed by atoms with E-state index in [1.165, 1.54) is 0 Å². The van der Waals surface area contributed by atoms with Crippen LogP contribution < -0.4 is 15.8 Å². The number of nitrogens with one attached hydrogen (secondary N) is 1. The van der Waals surface area contributed by atoms with E-state index in [1.54, 1.807) is 26.4 Å². The summed E-state index contributed by atoms with van der Waals surface area (Å²) >= 11 is 6.09. The van der Waals surface area contributed by atoms with Gasteiger partial charge in [-0.1, -0.05) is 11.6 Å². The fourth-order valence-electron chi connectivity index (χ4n) is 1.84. The number of ether oxygens (including phenoxy) is 2. The molecule has 1 aromatic carbocycles. The van der Waals surface area contributed by atoms with Crippen LogP contribution in [-0.2, 0) is 11.3 Å². The number of hydrogen-bond acceptors (Lipinski definition) is 6. The van der Waals surface area contributed by atoms with Crippen LogP contribution >= 0.6 is 11.6 Å². The van der Waals surface area contributed by atoms with Crippen LogP contribution in [0.1, 0.15) is 11.4 Å². The molecule has 0 atom stereocenters. The lowest BCUT2D eigenvalue weighted by atomic mass is 10.2. The minimum atomic E-state index is 0.288. The maximum atomic E-state index is 6.09. The fourth-order valence-corrected chi connectivity index (χ4v) is 2.00. The molecule has 0 unspecified atom stereocenters. The Balaban J connectivity index is 2.35. The van der Waals surface area contributed by atoms with Gasteiger partial charge in [0, 0.05) is 24.3 Å². The van der Waals surface area contributed by atoms with Crippen LogP contribution in [0.25, 0.3) is 0 Å². The highest BCUT2D eigenvalue weighted by Gasteiger charge is 2.09. The van der Waals surface area contributed by atoms with Gasteiger partial charge >= 0.3 is 0 Å². The second-order valence-corrected chi connectivity index (χ2v) is 4.86. The lowest BCUT2D eigenvalue weighted by Gasteiger charge is -2.13. The van der Waals surface area contributed by atoms with Crippen molar-refractivity contribution >= 4 is 28.9 Å². The van der Waals surface area contributed by atoms with Crippen molar-refractivity contribution in [3.8, 4) is 5.75 Å². The van der Waals surface area contributed by atoms with Crippen molar-refractivity contribution in [1.82, 2.24) is 9.97 Å². The summed E-state index contributed by atoms with van der Waals surface area (Å²) in [4.78, 5) is 8.42. The van der Waals surface area contributed by atoms with Crippen LogP contribution in [-0.4, -0.2) is 24.2 Å². The molecule has 0 saturated carbocycles. The zero-order valence-electron chi connectivity index (χ0n) is 12.1. The molecule has 3 N–H and O–H groups in total. The second kappa shape index (κ2) is 6.60. The van der Waals surface area contributed by atoms with Crippen LogP contribution in [0.15, 0.2) is 18.2 Å². The second-order valence-electron chi connectivity index (χ2n) is 4.45. The Bertz CT molecular complexity index is 649. The number of nitrogen functional groups attached to an aromatic ring is 1. The number of methoxy groups -OCH3 is 2. The predicted molar refractivity (Wildman–Crippen MR) is 83.2 cm³/mol. The highest BCUT2D eigenvalue weighted by atomic mass is 35.5. The maximum absolute atomic E-state index is 6.09. The number of aromatic nitrogens is 2. The average Bonchev–Trinajstić information content (AvgIpc) is 2.42. The third-order valence-electron chi connectivity index (χ3n) is 2.81. The monoisotopic (exact) mass is 308 g/mol. The molecule has 21 heavy (non-hydrogen) atoms. The van der Waals surface area contributed by atoms with Gasteiger partial charge in [0.05, 0.1) is 12.8 Å². The maximum Gasteiger partial charge on any atom is 0.158 e. The van der Waals surface area contributed by atoms with Gasteiger partial charge in [-0.05, 0) is 18.6 Å². The van der Waals surface area contributed by atoms with Crippen LogP contribution in [0.4, 0.5) is 17.3 Å². The van der Waals surface area contributed by atoms with Crippen LogP contribution in [0.2, 0.25) is 5.02 Å².